The van der Waals surface area contributed by atoms with Crippen molar-refractivity contribution in [1.29, 1.82) is 0 Å². The molecular formula is C31H42N2O9. The summed E-state index contributed by atoms with van der Waals surface area (Å²) in [6.45, 7) is 10.0. The van der Waals surface area contributed by atoms with E-state index in [-0.39, 0.29) is 43.3 Å². The first-order valence-electron chi connectivity index (χ1n) is 15.5. The Hall–Kier alpha value is -2.44. The van der Waals surface area contributed by atoms with Gasteiger partial charge in [-0.25, -0.2) is 9.78 Å². The van der Waals surface area contributed by atoms with Crippen molar-refractivity contribution < 1.29 is 43.0 Å². The summed E-state index contributed by atoms with van der Waals surface area (Å²) in [5.41, 5.74) is 0.456. The van der Waals surface area contributed by atoms with E-state index in [1.54, 1.807) is 0 Å². The molecule has 8 rings (SSSR count). The predicted octanol–water partition coefficient (Wildman–Crippen LogP) is 3.59. The van der Waals surface area contributed by atoms with Crippen molar-refractivity contribution in [1.82, 2.24) is 9.80 Å². The maximum Gasteiger partial charge on any atom is 0.308 e. The summed E-state index contributed by atoms with van der Waals surface area (Å²) in [5.74, 6) is 0.913. The summed E-state index contributed by atoms with van der Waals surface area (Å²) in [6.07, 6.45) is 2.38. The zero-order valence-corrected chi connectivity index (χ0v) is 24.8. The van der Waals surface area contributed by atoms with Gasteiger partial charge in [0.1, 0.15) is 0 Å². The Balaban J connectivity index is 0.904. The minimum absolute atomic E-state index is 0.0150. The van der Waals surface area contributed by atoms with Gasteiger partial charge in [-0.05, 0) is 55.7 Å². The van der Waals surface area contributed by atoms with Crippen LogP contribution in [0.2, 0.25) is 0 Å². The highest BCUT2D eigenvalue weighted by Gasteiger charge is 2.69. The Morgan fingerprint density at radius 2 is 1.79 bits per heavy atom. The molecule has 1 saturated carbocycles. The molecule has 2 unspecified atom stereocenters. The van der Waals surface area contributed by atoms with Crippen LogP contribution in [0.15, 0.2) is 18.2 Å². The van der Waals surface area contributed by atoms with E-state index in [1.165, 1.54) is 0 Å². The first-order chi connectivity index (χ1) is 20.2. The molecule has 0 aromatic heterocycles. The number of nitrogens with zero attached hydrogens (tertiary/aromatic N) is 2. The highest BCUT2D eigenvalue weighted by Crippen LogP contribution is 2.60. The fourth-order valence-corrected chi connectivity index (χ4v) is 8.02. The van der Waals surface area contributed by atoms with Gasteiger partial charge in [0.05, 0.1) is 6.42 Å². The van der Waals surface area contributed by atoms with Crippen LogP contribution in [0, 0.1) is 23.7 Å². The Labute approximate surface area is 246 Å². The van der Waals surface area contributed by atoms with E-state index in [9.17, 15) is 9.59 Å². The Bertz CT molecular complexity index is 1200. The quantitative estimate of drug-likeness (QED) is 0.363. The number of esters is 1. The van der Waals surface area contributed by atoms with Gasteiger partial charge in [-0.1, -0.05) is 19.9 Å². The molecule has 11 heteroatoms. The third-order valence-corrected chi connectivity index (χ3v) is 10.5. The highest BCUT2D eigenvalue weighted by molar-refractivity contribution is 5.81. The molecule has 0 N–H and O–H groups in total. The Morgan fingerprint density at radius 1 is 0.976 bits per heavy atom. The van der Waals surface area contributed by atoms with Crippen LogP contribution in [0.5, 0.6) is 11.5 Å². The molecule has 42 heavy (non-hydrogen) atoms. The lowest BCUT2D eigenvalue weighted by atomic mass is 9.58. The first kappa shape index (κ1) is 28.3. The van der Waals surface area contributed by atoms with Gasteiger partial charge in [0.15, 0.2) is 23.4 Å². The van der Waals surface area contributed by atoms with Crippen molar-refractivity contribution in [3.63, 3.8) is 0 Å². The molecule has 2 bridgehead atoms. The van der Waals surface area contributed by atoms with E-state index in [2.05, 4.69) is 18.7 Å². The van der Waals surface area contributed by atoms with Crippen LogP contribution < -0.4 is 9.47 Å². The largest absolute Gasteiger partial charge is 0.454 e. The fraction of sp³-hybridized carbons (Fsp3) is 0.742. The monoisotopic (exact) mass is 586 g/mol. The van der Waals surface area contributed by atoms with Crippen LogP contribution in [0.4, 0.5) is 0 Å². The lowest BCUT2D eigenvalue weighted by Crippen LogP contribution is -2.70. The minimum atomic E-state index is -0.881. The van der Waals surface area contributed by atoms with Gasteiger partial charge in [-0.15, -0.1) is 0 Å². The zero-order chi connectivity index (χ0) is 29.1. The molecule has 1 aromatic rings. The number of hydrogen-bond acceptors (Lipinski definition) is 10. The van der Waals surface area contributed by atoms with Crippen LogP contribution in [0.3, 0.4) is 0 Å². The molecular weight excluding hydrogens is 544 g/mol. The highest BCUT2D eigenvalue weighted by atomic mass is 17.3. The zero-order valence-electron chi connectivity index (χ0n) is 24.8. The van der Waals surface area contributed by atoms with Gasteiger partial charge in [0.25, 0.3) is 0 Å². The Morgan fingerprint density at radius 3 is 2.62 bits per heavy atom. The van der Waals surface area contributed by atoms with Crippen molar-refractivity contribution in [2.45, 2.75) is 89.8 Å². The summed E-state index contributed by atoms with van der Waals surface area (Å²) in [7, 11) is 0. The number of piperazine rings is 1. The van der Waals surface area contributed by atoms with Gasteiger partial charge < -0.3 is 28.6 Å². The van der Waals surface area contributed by atoms with Crippen molar-refractivity contribution in [3.8, 4) is 11.5 Å². The van der Waals surface area contributed by atoms with Gasteiger partial charge in [-0.2, -0.15) is 0 Å². The predicted molar refractivity (Wildman–Crippen MR) is 147 cm³/mol. The molecule has 1 aliphatic carbocycles. The molecule has 6 aliphatic heterocycles. The molecule has 6 heterocycles. The van der Waals surface area contributed by atoms with E-state index in [0.717, 1.165) is 62.4 Å². The number of ether oxygens (including phenoxy) is 5. The second-order valence-electron chi connectivity index (χ2n) is 13.1. The summed E-state index contributed by atoms with van der Waals surface area (Å²) >= 11 is 0. The van der Waals surface area contributed by atoms with Crippen molar-refractivity contribution in [2.75, 3.05) is 33.0 Å². The molecule has 1 spiro atoms. The summed E-state index contributed by atoms with van der Waals surface area (Å²) in [4.78, 5) is 42.1. The van der Waals surface area contributed by atoms with Crippen LogP contribution >= 0.6 is 0 Å². The maximum absolute atomic E-state index is 13.0. The lowest BCUT2D eigenvalue weighted by Gasteiger charge is -2.59. The number of hydrogen-bond donors (Lipinski definition) is 0. The van der Waals surface area contributed by atoms with E-state index in [0.29, 0.717) is 19.0 Å². The van der Waals surface area contributed by atoms with E-state index < -0.39 is 29.9 Å². The normalized spacial score (nSPS) is 39.0. The van der Waals surface area contributed by atoms with Gasteiger partial charge in [0, 0.05) is 57.4 Å². The molecule has 11 nitrogen and oxygen atoms in total. The first-order valence-corrected chi connectivity index (χ1v) is 15.5. The van der Waals surface area contributed by atoms with Gasteiger partial charge in [0.2, 0.25) is 24.8 Å². The number of fused-ring (bicyclic) bond motifs is 3. The molecule has 0 radical (unpaired) electrons. The number of benzene rings is 1. The average Bonchev–Trinajstić information content (AvgIpc) is 3.33. The number of carbonyl (C=O) groups excluding carboxylic acids is 2. The third kappa shape index (κ3) is 4.96. The van der Waals surface area contributed by atoms with Crippen molar-refractivity contribution >= 4 is 11.9 Å². The summed E-state index contributed by atoms with van der Waals surface area (Å²) in [6, 6.07) is 6.01. The third-order valence-electron chi connectivity index (χ3n) is 10.5. The molecule has 1 aromatic carbocycles. The summed E-state index contributed by atoms with van der Waals surface area (Å²) in [5, 5.41) is 0. The molecule has 230 valence electrons. The topological polar surface area (TPSA) is 105 Å². The molecule has 1 amide bonds. The van der Waals surface area contributed by atoms with Crippen LogP contribution in [-0.2, 0) is 40.1 Å². The Kier molecular flexibility index (Phi) is 7.37. The smallest absolute Gasteiger partial charge is 0.308 e. The fourth-order valence-electron chi connectivity index (χ4n) is 8.02. The van der Waals surface area contributed by atoms with Crippen LogP contribution in [0.25, 0.3) is 0 Å². The standard InChI is InChI=1S/C31H42N2O9/c1-19-4-6-23-20(2)28(39-29-31(23)22(19)10-11-30(3,40-29)41-42-31)38-27(35)9-8-26(34)33-14-12-32(13-15-33)17-21-5-7-24-25(16-21)37-18-36-24/h5,7,16,19-20,22-23,28-29H,4,6,8-15,17-18H2,1-3H3/t19-,20-,22?,23?,28-,29-,30+,31-/m1/s1. The van der Waals surface area contributed by atoms with E-state index >= 15 is 0 Å². The SMILES string of the molecule is C[C@@H]1CCC2[C@@H](C)[C@H](OC(=O)CCC(=O)N3CCN(Cc4ccc5c(c4)OCO5)CC3)O[C@@H]3O[C@]4(C)CCC1[C@@]23OO4. The summed E-state index contributed by atoms with van der Waals surface area (Å²) < 4.78 is 29.4. The number of amides is 1. The second kappa shape index (κ2) is 10.9. The molecule has 8 atom stereocenters. The van der Waals surface area contributed by atoms with Crippen LogP contribution in [0.1, 0.15) is 64.9 Å². The van der Waals surface area contributed by atoms with E-state index in [4.69, 9.17) is 33.5 Å². The second-order valence-corrected chi connectivity index (χ2v) is 13.1. The average molecular weight is 587 g/mol. The lowest BCUT2D eigenvalue weighted by molar-refractivity contribution is -0.576. The van der Waals surface area contributed by atoms with Gasteiger partial charge >= 0.3 is 5.97 Å². The van der Waals surface area contributed by atoms with Crippen LogP contribution in [-0.4, -0.2) is 78.6 Å². The molecule has 7 aliphatic rings. The molecule has 5 saturated heterocycles. The van der Waals surface area contributed by atoms with Crippen molar-refractivity contribution in [3.05, 3.63) is 23.8 Å². The van der Waals surface area contributed by atoms with Crippen molar-refractivity contribution in [2.24, 2.45) is 23.7 Å². The maximum atomic E-state index is 13.0. The van der Waals surface area contributed by atoms with Gasteiger partial charge in [-0.3, -0.25) is 14.5 Å². The number of carbonyl (C=O) groups is 2. The minimum Gasteiger partial charge on any atom is -0.454 e. The number of rotatable bonds is 6. The van der Waals surface area contributed by atoms with E-state index in [1.807, 2.05) is 30.0 Å². The molecule has 6 fully saturated rings.